The third kappa shape index (κ3) is 15.7. The molecular formula is C4H12Na2O2. The molecule has 0 saturated carbocycles. The van der Waals surface area contributed by atoms with Crippen LogP contribution in [0.5, 0.6) is 0 Å². The number of aliphatic hydroxyl groups is 2. The van der Waals surface area contributed by atoms with Gasteiger partial charge >= 0.3 is 59.1 Å². The fraction of sp³-hybridized carbons (Fsp3) is 1.00. The van der Waals surface area contributed by atoms with Crippen molar-refractivity contribution in [3.8, 4) is 0 Å². The van der Waals surface area contributed by atoms with Gasteiger partial charge in [-0.3, -0.25) is 0 Å². The zero-order valence-electron chi connectivity index (χ0n) is 7.72. The van der Waals surface area contributed by atoms with Gasteiger partial charge in [-0.2, -0.15) is 0 Å². The van der Waals surface area contributed by atoms with Crippen molar-refractivity contribution in [3.05, 3.63) is 0 Å². The van der Waals surface area contributed by atoms with Gasteiger partial charge in [-0.05, 0) is 12.8 Å². The van der Waals surface area contributed by atoms with Gasteiger partial charge in [-0.1, -0.05) is 0 Å². The maximum absolute atomic E-state index is 8.09. The smallest absolute Gasteiger partial charge is 1.00 e. The van der Waals surface area contributed by atoms with Crippen molar-refractivity contribution >= 4 is 0 Å². The van der Waals surface area contributed by atoms with Crippen molar-refractivity contribution in [1.29, 1.82) is 0 Å². The Morgan fingerprint density at radius 1 is 0.875 bits per heavy atom. The van der Waals surface area contributed by atoms with Crippen molar-refractivity contribution in [3.63, 3.8) is 0 Å². The summed E-state index contributed by atoms with van der Waals surface area (Å²) < 4.78 is 0. The van der Waals surface area contributed by atoms with Gasteiger partial charge in [0.25, 0.3) is 0 Å². The topological polar surface area (TPSA) is 40.5 Å². The van der Waals surface area contributed by atoms with E-state index in [1.165, 1.54) is 0 Å². The molecule has 0 unspecified atom stereocenters. The second-order valence-electron chi connectivity index (χ2n) is 1.15. The molecule has 0 amide bonds. The molecule has 0 bridgehead atoms. The number of rotatable bonds is 3. The van der Waals surface area contributed by atoms with E-state index >= 15 is 0 Å². The summed E-state index contributed by atoms with van der Waals surface area (Å²) in [4.78, 5) is 0. The molecule has 42 valence electrons. The van der Waals surface area contributed by atoms with Crippen molar-refractivity contribution in [1.82, 2.24) is 0 Å². The van der Waals surface area contributed by atoms with Crippen LogP contribution in [0.4, 0.5) is 0 Å². The average Bonchev–Trinajstić information content (AvgIpc) is 1.61. The Morgan fingerprint density at radius 3 is 1.25 bits per heavy atom. The van der Waals surface area contributed by atoms with Crippen LogP contribution < -0.4 is 59.1 Å². The first-order chi connectivity index (χ1) is 2.91. The molecule has 4 heteroatoms. The Bertz CT molecular complexity index is 31.2. The van der Waals surface area contributed by atoms with Crippen LogP contribution in [0.2, 0.25) is 0 Å². The molecule has 2 N–H and O–H groups in total. The van der Waals surface area contributed by atoms with Crippen molar-refractivity contribution < 1.29 is 72.2 Å². The van der Waals surface area contributed by atoms with E-state index in [4.69, 9.17) is 10.2 Å². The molecule has 0 saturated heterocycles. The van der Waals surface area contributed by atoms with E-state index in [0.29, 0.717) is 0 Å². The molecule has 0 aliphatic rings. The summed E-state index contributed by atoms with van der Waals surface area (Å²) in [6.07, 6.45) is 1.44. The molecule has 8 heavy (non-hydrogen) atoms. The van der Waals surface area contributed by atoms with Gasteiger partial charge in [-0.25, -0.2) is 0 Å². The van der Waals surface area contributed by atoms with E-state index in [2.05, 4.69) is 0 Å². The summed E-state index contributed by atoms with van der Waals surface area (Å²) in [7, 11) is 0. The van der Waals surface area contributed by atoms with Crippen LogP contribution in [0.15, 0.2) is 0 Å². The molecule has 0 rings (SSSR count). The normalized spacial score (nSPS) is 6.75. The summed E-state index contributed by atoms with van der Waals surface area (Å²) >= 11 is 0. The van der Waals surface area contributed by atoms with Gasteiger partial charge in [0, 0.05) is 13.2 Å². The molecule has 0 radical (unpaired) electrons. The van der Waals surface area contributed by atoms with Gasteiger partial charge in [0.15, 0.2) is 0 Å². The Balaban J connectivity index is -0.0000000208. The molecule has 2 nitrogen and oxygen atoms in total. The fourth-order valence-electron chi connectivity index (χ4n) is 0.224. The quantitative estimate of drug-likeness (QED) is 0.301. The summed E-state index contributed by atoms with van der Waals surface area (Å²) in [5, 5.41) is 16.2. The monoisotopic (exact) mass is 138 g/mol. The first-order valence-corrected chi connectivity index (χ1v) is 2.13. The van der Waals surface area contributed by atoms with Crippen LogP contribution in [0.1, 0.15) is 15.7 Å². The Kier molecular flexibility index (Phi) is 32.9. The molecule has 0 aromatic carbocycles. The van der Waals surface area contributed by atoms with Crippen LogP contribution in [-0.2, 0) is 0 Å². The second-order valence-corrected chi connectivity index (χ2v) is 1.15. The zero-order chi connectivity index (χ0) is 4.83. The summed E-state index contributed by atoms with van der Waals surface area (Å²) in [6.45, 7) is 0.390. The van der Waals surface area contributed by atoms with Crippen molar-refractivity contribution in [2.24, 2.45) is 0 Å². The predicted molar refractivity (Wildman–Crippen MR) is 25.6 cm³/mol. The van der Waals surface area contributed by atoms with Crippen LogP contribution in [0.3, 0.4) is 0 Å². The number of hydrogen-bond donors (Lipinski definition) is 2. The van der Waals surface area contributed by atoms with E-state index in [9.17, 15) is 0 Å². The fourth-order valence-corrected chi connectivity index (χ4v) is 0.224. The molecular weight excluding hydrogens is 126 g/mol. The molecule has 0 aliphatic heterocycles. The van der Waals surface area contributed by atoms with Gasteiger partial charge in [0.1, 0.15) is 0 Å². The minimum Gasteiger partial charge on any atom is -1.00 e. The molecule has 0 aromatic heterocycles. The van der Waals surface area contributed by atoms with Crippen molar-refractivity contribution in [2.75, 3.05) is 13.2 Å². The third-order valence-electron chi connectivity index (χ3n) is 0.566. The Morgan fingerprint density at radius 2 is 1.12 bits per heavy atom. The predicted octanol–water partition coefficient (Wildman–Crippen LogP) is -6.02. The van der Waals surface area contributed by atoms with E-state index in [-0.39, 0.29) is 75.2 Å². The molecule has 0 fully saturated rings. The molecule has 0 spiro atoms. The first-order valence-electron chi connectivity index (χ1n) is 2.13. The number of unbranched alkanes of at least 4 members (excludes halogenated alkanes) is 1. The second kappa shape index (κ2) is 16.0. The molecule has 0 heterocycles. The average molecular weight is 138 g/mol. The van der Waals surface area contributed by atoms with Gasteiger partial charge in [0.2, 0.25) is 0 Å². The summed E-state index contributed by atoms with van der Waals surface area (Å²) in [5.41, 5.74) is 0. The maximum Gasteiger partial charge on any atom is 1.00 e. The van der Waals surface area contributed by atoms with Gasteiger partial charge < -0.3 is 13.1 Å². The number of aliphatic hydroxyl groups excluding tert-OH is 2. The Hall–Kier alpha value is 1.92. The van der Waals surface area contributed by atoms with E-state index in [1.54, 1.807) is 0 Å². The van der Waals surface area contributed by atoms with Crippen molar-refractivity contribution in [2.45, 2.75) is 12.8 Å². The molecule has 0 aliphatic carbocycles. The largest absolute Gasteiger partial charge is 1.00 e. The summed E-state index contributed by atoms with van der Waals surface area (Å²) in [5.74, 6) is 0. The first kappa shape index (κ1) is 16.5. The van der Waals surface area contributed by atoms with Crippen LogP contribution in [0.25, 0.3) is 0 Å². The van der Waals surface area contributed by atoms with Crippen LogP contribution in [0, 0.1) is 0 Å². The molecule has 0 atom stereocenters. The number of hydrogen-bond acceptors (Lipinski definition) is 2. The maximum atomic E-state index is 8.09. The molecule has 0 aromatic rings. The summed E-state index contributed by atoms with van der Waals surface area (Å²) in [6, 6.07) is 0. The SMILES string of the molecule is OCCCCO.[H-].[H-].[Na+].[Na+]. The van der Waals surface area contributed by atoms with Crippen LogP contribution in [-0.4, -0.2) is 23.4 Å². The Labute approximate surface area is 97.2 Å². The van der Waals surface area contributed by atoms with Crippen LogP contribution >= 0.6 is 0 Å². The minimum atomic E-state index is 0. The van der Waals surface area contributed by atoms with Gasteiger partial charge in [-0.15, -0.1) is 0 Å². The zero-order valence-corrected chi connectivity index (χ0v) is 9.72. The van der Waals surface area contributed by atoms with E-state index < -0.39 is 0 Å². The van der Waals surface area contributed by atoms with E-state index in [0.717, 1.165) is 12.8 Å². The standard InChI is InChI=1S/C4H10O2.2Na.2H/c5-3-1-2-4-6;;;;/h5-6H,1-4H2;;;;/q;2*+1;2*-1. The van der Waals surface area contributed by atoms with E-state index in [1.807, 2.05) is 0 Å². The van der Waals surface area contributed by atoms with Gasteiger partial charge in [0.05, 0.1) is 0 Å². The minimum absolute atomic E-state index is 0. The third-order valence-corrected chi connectivity index (χ3v) is 0.566.